The summed E-state index contributed by atoms with van der Waals surface area (Å²) in [5.74, 6) is -0.606. The SMILES string of the molecule is C=CC(=O)C(C)(C(C)N)S(=O)(=O)O.C=CN1CCCC1=O. The van der Waals surface area contributed by atoms with Crippen molar-refractivity contribution in [3.05, 3.63) is 25.4 Å². The quantitative estimate of drug-likeness (QED) is 0.562. The summed E-state index contributed by atoms with van der Waals surface area (Å²) in [7, 11) is -4.52. The summed E-state index contributed by atoms with van der Waals surface area (Å²) < 4.78 is 28.6. The molecule has 1 aliphatic rings. The Hall–Kier alpha value is -1.51. The van der Waals surface area contributed by atoms with Crippen LogP contribution in [0.2, 0.25) is 0 Å². The standard InChI is InChI=1S/C7H13NO4S.C6H9NO/c1-4-6(9)7(3,5(2)8)13(10,11)12;1-2-7-5-3-4-6(7)8/h4-5H,1,8H2,2-3H3,(H,10,11,12);2H,1,3-5H2. The van der Waals surface area contributed by atoms with Crippen molar-refractivity contribution >= 4 is 21.8 Å². The second-order valence-corrected chi connectivity index (χ2v) is 6.61. The molecule has 0 spiro atoms. The normalized spacial score (nSPS) is 19.0. The number of hydrogen-bond acceptors (Lipinski definition) is 5. The number of allylic oxidation sites excluding steroid dienone is 1. The van der Waals surface area contributed by atoms with Crippen LogP contribution in [0, 0.1) is 0 Å². The van der Waals surface area contributed by atoms with Crippen molar-refractivity contribution < 1.29 is 22.6 Å². The predicted octanol–water partition coefficient (Wildman–Crippen LogP) is 0.488. The fourth-order valence-corrected chi connectivity index (χ4v) is 2.46. The lowest BCUT2D eigenvalue weighted by molar-refractivity contribution is -0.125. The minimum Gasteiger partial charge on any atom is -0.326 e. The van der Waals surface area contributed by atoms with Crippen LogP contribution in [-0.4, -0.2) is 46.9 Å². The first-order chi connectivity index (χ1) is 9.52. The monoisotopic (exact) mass is 318 g/mol. The van der Waals surface area contributed by atoms with Crippen LogP contribution < -0.4 is 5.73 Å². The maximum atomic E-state index is 11.2. The third-order valence-electron chi connectivity index (χ3n) is 3.41. The average Bonchev–Trinajstić information content (AvgIpc) is 2.81. The third-order valence-corrected chi connectivity index (χ3v) is 5.05. The van der Waals surface area contributed by atoms with Crippen LogP contribution in [0.15, 0.2) is 25.4 Å². The number of carbonyl (C=O) groups is 2. The van der Waals surface area contributed by atoms with Gasteiger partial charge in [-0.2, -0.15) is 8.42 Å². The number of hydrogen-bond donors (Lipinski definition) is 2. The molecule has 0 radical (unpaired) electrons. The van der Waals surface area contributed by atoms with E-state index in [0.29, 0.717) is 6.42 Å². The number of carbonyl (C=O) groups excluding carboxylic acids is 2. The number of rotatable bonds is 5. The Morgan fingerprint density at radius 1 is 1.52 bits per heavy atom. The van der Waals surface area contributed by atoms with E-state index in [2.05, 4.69) is 13.2 Å². The van der Waals surface area contributed by atoms with E-state index < -0.39 is 26.7 Å². The van der Waals surface area contributed by atoms with Crippen LogP contribution in [0.5, 0.6) is 0 Å². The van der Waals surface area contributed by atoms with Gasteiger partial charge in [0.2, 0.25) is 5.91 Å². The Morgan fingerprint density at radius 3 is 2.19 bits per heavy atom. The minimum atomic E-state index is -4.52. The molecule has 8 heteroatoms. The smallest absolute Gasteiger partial charge is 0.279 e. The van der Waals surface area contributed by atoms with E-state index in [-0.39, 0.29) is 5.91 Å². The van der Waals surface area contributed by atoms with E-state index in [1.165, 1.54) is 6.92 Å². The summed E-state index contributed by atoms with van der Waals surface area (Å²) in [6, 6.07) is -1.01. The fourth-order valence-electron chi connectivity index (χ4n) is 1.65. The van der Waals surface area contributed by atoms with Crippen molar-refractivity contribution in [2.45, 2.75) is 37.5 Å². The summed E-state index contributed by atoms with van der Waals surface area (Å²) in [6.45, 7) is 9.90. The molecular weight excluding hydrogens is 296 g/mol. The van der Waals surface area contributed by atoms with Crippen LogP contribution in [0.25, 0.3) is 0 Å². The van der Waals surface area contributed by atoms with Gasteiger partial charge in [-0.05, 0) is 32.5 Å². The lowest BCUT2D eigenvalue weighted by Gasteiger charge is -2.26. The zero-order chi connectivity index (χ0) is 16.8. The first-order valence-corrected chi connectivity index (χ1v) is 7.77. The molecule has 0 aromatic rings. The molecule has 7 nitrogen and oxygen atoms in total. The largest absolute Gasteiger partial charge is 0.326 e. The van der Waals surface area contributed by atoms with Gasteiger partial charge in [0, 0.05) is 19.0 Å². The van der Waals surface area contributed by atoms with Gasteiger partial charge < -0.3 is 10.6 Å². The molecule has 0 aromatic carbocycles. The Labute approximate surface area is 125 Å². The van der Waals surface area contributed by atoms with E-state index in [9.17, 15) is 18.0 Å². The Kier molecular flexibility index (Phi) is 6.95. The van der Waals surface area contributed by atoms with Crippen molar-refractivity contribution in [1.82, 2.24) is 4.90 Å². The molecular formula is C13H22N2O5S. The topological polar surface area (TPSA) is 118 Å². The summed E-state index contributed by atoms with van der Waals surface area (Å²) in [6.07, 6.45) is 4.11. The van der Waals surface area contributed by atoms with Gasteiger partial charge in [0.25, 0.3) is 10.1 Å². The maximum absolute atomic E-state index is 11.2. The van der Waals surface area contributed by atoms with Crippen molar-refractivity contribution in [3.8, 4) is 0 Å². The van der Waals surface area contributed by atoms with Crippen LogP contribution >= 0.6 is 0 Å². The molecule has 0 bridgehead atoms. The van der Waals surface area contributed by atoms with Crippen molar-refractivity contribution in [3.63, 3.8) is 0 Å². The highest BCUT2D eigenvalue weighted by molar-refractivity contribution is 7.88. The van der Waals surface area contributed by atoms with E-state index in [1.54, 1.807) is 11.1 Å². The highest BCUT2D eigenvalue weighted by Crippen LogP contribution is 2.21. The Morgan fingerprint density at radius 2 is 2.05 bits per heavy atom. The molecule has 0 saturated carbocycles. The number of nitrogens with zero attached hydrogens (tertiary/aromatic N) is 1. The van der Waals surface area contributed by atoms with Gasteiger partial charge in [-0.25, -0.2) is 0 Å². The van der Waals surface area contributed by atoms with E-state index in [0.717, 1.165) is 26.0 Å². The van der Waals surface area contributed by atoms with Crippen LogP contribution in [0.1, 0.15) is 26.7 Å². The molecule has 2 atom stereocenters. The minimum absolute atomic E-state index is 0.208. The molecule has 1 fully saturated rings. The van der Waals surface area contributed by atoms with E-state index in [4.69, 9.17) is 10.3 Å². The molecule has 120 valence electrons. The average molecular weight is 318 g/mol. The van der Waals surface area contributed by atoms with Crippen molar-refractivity contribution in [2.75, 3.05) is 6.54 Å². The Bertz CT molecular complexity index is 527. The molecule has 0 aromatic heterocycles. The fraction of sp³-hybridized carbons (Fsp3) is 0.538. The van der Waals surface area contributed by atoms with Crippen molar-refractivity contribution in [2.24, 2.45) is 5.73 Å². The molecule has 1 heterocycles. The van der Waals surface area contributed by atoms with E-state index in [1.807, 2.05) is 0 Å². The number of ketones is 1. The molecule has 1 amide bonds. The van der Waals surface area contributed by atoms with Crippen LogP contribution in [0.3, 0.4) is 0 Å². The molecule has 1 rings (SSSR count). The predicted molar refractivity (Wildman–Crippen MR) is 80.0 cm³/mol. The number of amides is 1. The van der Waals surface area contributed by atoms with Crippen LogP contribution in [0.4, 0.5) is 0 Å². The second kappa shape index (κ2) is 7.48. The second-order valence-electron chi connectivity index (χ2n) is 4.81. The van der Waals surface area contributed by atoms with Crippen LogP contribution in [-0.2, 0) is 19.7 Å². The van der Waals surface area contributed by atoms with E-state index >= 15 is 0 Å². The first-order valence-electron chi connectivity index (χ1n) is 6.33. The number of nitrogens with two attached hydrogens (primary N) is 1. The molecule has 2 unspecified atom stereocenters. The van der Waals surface area contributed by atoms with Crippen molar-refractivity contribution in [1.29, 1.82) is 0 Å². The summed E-state index contributed by atoms with van der Waals surface area (Å²) >= 11 is 0. The van der Waals surface area contributed by atoms with Gasteiger partial charge >= 0.3 is 0 Å². The summed E-state index contributed by atoms with van der Waals surface area (Å²) in [5, 5.41) is 0. The molecule has 0 aliphatic carbocycles. The third kappa shape index (κ3) is 4.48. The lowest BCUT2D eigenvalue weighted by atomic mass is 9.98. The molecule has 21 heavy (non-hydrogen) atoms. The zero-order valence-electron chi connectivity index (χ0n) is 12.3. The molecule has 1 saturated heterocycles. The van der Waals surface area contributed by atoms with Gasteiger partial charge in [0.1, 0.15) is 0 Å². The zero-order valence-corrected chi connectivity index (χ0v) is 13.1. The molecule has 3 N–H and O–H groups in total. The lowest BCUT2D eigenvalue weighted by Crippen LogP contribution is -2.54. The van der Waals surface area contributed by atoms with Gasteiger partial charge in [0.05, 0.1) is 0 Å². The highest BCUT2D eigenvalue weighted by atomic mass is 32.2. The van der Waals surface area contributed by atoms with Gasteiger partial charge in [0.15, 0.2) is 10.5 Å². The Balaban J connectivity index is 0.000000423. The highest BCUT2D eigenvalue weighted by Gasteiger charge is 2.47. The first kappa shape index (κ1) is 19.5. The maximum Gasteiger partial charge on any atom is 0.279 e. The summed E-state index contributed by atoms with van der Waals surface area (Å²) in [4.78, 5) is 23.5. The van der Waals surface area contributed by atoms with Gasteiger partial charge in [-0.15, -0.1) is 0 Å². The molecule has 1 aliphatic heterocycles. The van der Waals surface area contributed by atoms with Gasteiger partial charge in [-0.1, -0.05) is 13.2 Å². The number of likely N-dealkylation sites (tertiary alicyclic amines) is 1. The summed E-state index contributed by atoms with van der Waals surface area (Å²) in [5.41, 5.74) is 5.33. The van der Waals surface area contributed by atoms with Gasteiger partial charge in [-0.3, -0.25) is 14.1 Å².